The highest BCUT2D eigenvalue weighted by molar-refractivity contribution is 5.84. The predicted molar refractivity (Wildman–Crippen MR) is 85.9 cm³/mol. The fourth-order valence-electron chi connectivity index (χ4n) is 1.40. The first kappa shape index (κ1) is 18.2. The second-order valence-electron chi connectivity index (χ2n) is 5.09. The van der Waals surface area contributed by atoms with Crippen molar-refractivity contribution in [2.75, 3.05) is 40.8 Å². The van der Waals surface area contributed by atoms with Crippen LogP contribution >= 0.6 is 0 Å². The van der Waals surface area contributed by atoms with Crippen LogP contribution in [0.25, 0.3) is 0 Å². The molecule has 0 aliphatic carbocycles. The monoisotopic (exact) mass is 280 g/mol. The molecule has 1 N–H and O–H groups in total. The van der Waals surface area contributed by atoms with Crippen molar-refractivity contribution < 1.29 is 4.79 Å². The maximum absolute atomic E-state index is 11.6. The van der Waals surface area contributed by atoms with Gasteiger partial charge in [-0.3, -0.25) is 4.79 Å². The predicted octanol–water partition coefficient (Wildman–Crippen LogP) is 1.49. The minimum absolute atomic E-state index is 0.0147. The summed E-state index contributed by atoms with van der Waals surface area (Å²) in [5, 5.41) is 3.22. The second kappa shape index (κ2) is 10.1. The minimum Gasteiger partial charge on any atom is -0.353 e. The van der Waals surface area contributed by atoms with E-state index in [1.807, 2.05) is 24.9 Å². The van der Waals surface area contributed by atoms with Crippen molar-refractivity contribution in [1.29, 1.82) is 0 Å². The molecular formula is C15H28N4O. The van der Waals surface area contributed by atoms with Gasteiger partial charge in [-0.05, 0) is 19.8 Å². The number of hydrogen-bond acceptors (Lipinski definition) is 2. The number of allylic oxidation sites excluding steroid dienone is 1. The van der Waals surface area contributed by atoms with Gasteiger partial charge in [0.05, 0.1) is 0 Å². The van der Waals surface area contributed by atoms with Gasteiger partial charge in [-0.1, -0.05) is 18.2 Å². The number of nitrogens with zero attached hydrogens (tertiary/aromatic N) is 3. The first-order chi connectivity index (χ1) is 9.38. The number of hydrogen-bond donors (Lipinski definition) is 1. The molecule has 0 bridgehead atoms. The Hall–Kier alpha value is -1.78. The summed E-state index contributed by atoms with van der Waals surface area (Å²) in [6.07, 6.45) is 3.88. The average molecular weight is 280 g/mol. The lowest BCUT2D eigenvalue weighted by molar-refractivity contribution is -0.127. The quantitative estimate of drug-likeness (QED) is 0.317. The number of aliphatic imine (C=N–C) groups is 1. The van der Waals surface area contributed by atoms with E-state index < -0.39 is 0 Å². The van der Waals surface area contributed by atoms with Gasteiger partial charge in [0.25, 0.3) is 0 Å². The van der Waals surface area contributed by atoms with Crippen molar-refractivity contribution in [3.63, 3.8) is 0 Å². The largest absolute Gasteiger partial charge is 0.353 e. The normalized spacial score (nSPS) is 10.9. The van der Waals surface area contributed by atoms with Crippen molar-refractivity contribution in [2.24, 2.45) is 4.99 Å². The van der Waals surface area contributed by atoms with Gasteiger partial charge in [-0.15, -0.1) is 6.58 Å². The van der Waals surface area contributed by atoms with Crippen molar-refractivity contribution in [2.45, 2.75) is 19.8 Å². The molecule has 0 saturated carbocycles. The molecule has 0 radical (unpaired) electrons. The van der Waals surface area contributed by atoms with Crippen molar-refractivity contribution in [3.8, 4) is 0 Å². The maximum atomic E-state index is 11.6. The number of carbonyl (C=O) groups excluding carboxylic acids is 1. The summed E-state index contributed by atoms with van der Waals surface area (Å²) in [4.78, 5) is 19.5. The van der Waals surface area contributed by atoms with Crippen LogP contribution in [-0.2, 0) is 4.79 Å². The Morgan fingerprint density at radius 3 is 2.50 bits per heavy atom. The molecular weight excluding hydrogens is 252 g/mol. The van der Waals surface area contributed by atoms with Crippen molar-refractivity contribution in [1.82, 2.24) is 15.1 Å². The zero-order valence-corrected chi connectivity index (χ0v) is 13.3. The fraction of sp³-hybridized carbons (Fsp3) is 0.600. The van der Waals surface area contributed by atoms with Crippen molar-refractivity contribution >= 4 is 11.9 Å². The molecule has 5 nitrogen and oxygen atoms in total. The van der Waals surface area contributed by atoms with Gasteiger partial charge in [-0.25, -0.2) is 4.99 Å². The molecule has 0 unspecified atom stereocenters. The van der Waals surface area contributed by atoms with E-state index in [1.54, 1.807) is 14.1 Å². The zero-order valence-electron chi connectivity index (χ0n) is 13.3. The van der Waals surface area contributed by atoms with E-state index in [0.717, 1.165) is 30.9 Å². The number of rotatable bonds is 8. The van der Waals surface area contributed by atoms with E-state index in [9.17, 15) is 4.79 Å². The first-order valence-corrected chi connectivity index (χ1v) is 6.83. The van der Waals surface area contributed by atoms with E-state index in [2.05, 4.69) is 23.5 Å². The van der Waals surface area contributed by atoms with Crippen LogP contribution in [0.3, 0.4) is 0 Å². The number of amides is 1. The van der Waals surface area contributed by atoms with Crippen LogP contribution in [0.15, 0.2) is 29.8 Å². The van der Waals surface area contributed by atoms with Crippen LogP contribution in [0.1, 0.15) is 19.8 Å². The van der Waals surface area contributed by atoms with Crippen LogP contribution in [0, 0.1) is 0 Å². The van der Waals surface area contributed by atoms with Crippen LogP contribution in [0.4, 0.5) is 0 Å². The average Bonchev–Trinajstić information content (AvgIpc) is 2.38. The van der Waals surface area contributed by atoms with Crippen LogP contribution < -0.4 is 5.32 Å². The first-order valence-electron chi connectivity index (χ1n) is 6.83. The number of carbonyl (C=O) groups is 1. The highest BCUT2D eigenvalue weighted by Crippen LogP contribution is 1.96. The minimum atomic E-state index is -0.0147. The van der Waals surface area contributed by atoms with E-state index in [-0.39, 0.29) is 12.5 Å². The van der Waals surface area contributed by atoms with E-state index >= 15 is 0 Å². The highest BCUT2D eigenvalue weighted by atomic mass is 16.2. The Morgan fingerprint density at radius 1 is 1.35 bits per heavy atom. The molecule has 0 atom stereocenters. The standard InChI is InChI=1S/C15H28N4O/c1-7-8-9-10-19(6)15(16-11-13(2)3)17-12-14(20)18(4)5/h7H,1-2,8-12H2,3-6H3,(H,16,17). The molecule has 0 aliphatic rings. The molecule has 0 aromatic rings. The summed E-state index contributed by atoms with van der Waals surface area (Å²) in [7, 11) is 5.42. The summed E-state index contributed by atoms with van der Waals surface area (Å²) in [6.45, 7) is 11.2. The van der Waals surface area contributed by atoms with Gasteiger partial charge in [0.2, 0.25) is 5.91 Å². The second-order valence-corrected chi connectivity index (χ2v) is 5.09. The molecule has 0 heterocycles. The topological polar surface area (TPSA) is 47.9 Å². The van der Waals surface area contributed by atoms with Gasteiger partial charge >= 0.3 is 0 Å². The zero-order chi connectivity index (χ0) is 15.5. The summed E-state index contributed by atoms with van der Waals surface area (Å²) in [6, 6.07) is 0. The van der Waals surface area contributed by atoms with Gasteiger partial charge in [0, 0.05) is 34.2 Å². The Bertz CT molecular complexity index is 361. The molecule has 1 amide bonds. The molecule has 114 valence electrons. The lowest BCUT2D eigenvalue weighted by Gasteiger charge is -2.22. The van der Waals surface area contributed by atoms with Gasteiger partial charge < -0.3 is 15.1 Å². The van der Waals surface area contributed by atoms with E-state index in [0.29, 0.717) is 6.54 Å². The SMILES string of the molecule is C=CCCCN(C)C(=NCC(=O)N(C)C)NCC(=C)C. The lowest BCUT2D eigenvalue weighted by atomic mass is 10.3. The summed E-state index contributed by atoms with van der Waals surface area (Å²) >= 11 is 0. The Labute approximate surface area is 123 Å². The third-order valence-electron chi connectivity index (χ3n) is 2.67. The highest BCUT2D eigenvalue weighted by Gasteiger charge is 2.08. The molecule has 0 aromatic carbocycles. The summed E-state index contributed by atoms with van der Waals surface area (Å²) in [5.41, 5.74) is 1.02. The molecule has 0 rings (SSSR count). The third-order valence-corrected chi connectivity index (χ3v) is 2.67. The summed E-state index contributed by atoms with van der Waals surface area (Å²) in [5.74, 6) is 0.714. The fourth-order valence-corrected chi connectivity index (χ4v) is 1.40. The maximum Gasteiger partial charge on any atom is 0.243 e. The number of nitrogens with one attached hydrogen (secondary N) is 1. The van der Waals surface area contributed by atoms with Crippen LogP contribution in [-0.4, -0.2) is 62.4 Å². The summed E-state index contributed by atoms with van der Waals surface area (Å²) < 4.78 is 0. The molecule has 5 heteroatoms. The number of guanidine groups is 1. The van der Waals surface area contributed by atoms with Gasteiger partial charge in [0.15, 0.2) is 5.96 Å². The Kier molecular flexibility index (Phi) is 9.17. The van der Waals surface area contributed by atoms with Gasteiger partial charge in [-0.2, -0.15) is 0 Å². The molecule has 0 aliphatic heterocycles. The molecule has 20 heavy (non-hydrogen) atoms. The molecule has 0 aromatic heterocycles. The molecule has 0 spiro atoms. The van der Waals surface area contributed by atoms with Crippen LogP contribution in [0.5, 0.6) is 0 Å². The number of unbranched alkanes of at least 4 members (excludes halogenated alkanes) is 1. The van der Waals surface area contributed by atoms with Crippen molar-refractivity contribution in [3.05, 3.63) is 24.8 Å². The van der Waals surface area contributed by atoms with Gasteiger partial charge in [0.1, 0.15) is 6.54 Å². The molecule has 0 saturated heterocycles. The van der Waals surface area contributed by atoms with E-state index in [4.69, 9.17) is 0 Å². The number of likely N-dealkylation sites (N-methyl/N-ethyl adjacent to an activating group) is 1. The Morgan fingerprint density at radius 2 is 2.00 bits per heavy atom. The van der Waals surface area contributed by atoms with Crippen LogP contribution in [0.2, 0.25) is 0 Å². The van der Waals surface area contributed by atoms with E-state index in [1.165, 1.54) is 4.90 Å². The molecule has 0 fully saturated rings. The Balaban J connectivity index is 4.60. The smallest absolute Gasteiger partial charge is 0.243 e. The third kappa shape index (κ3) is 8.34. The lowest BCUT2D eigenvalue weighted by Crippen LogP contribution is -2.41.